The highest BCUT2D eigenvalue weighted by Crippen LogP contribution is 2.25. The summed E-state index contributed by atoms with van der Waals surface area (Å²) in [5.41, 5.74) is 0. The number of hydrogen-bond acceptors (Lipinski definition) is 4. The van der Waals surface area contributed by atoms with Crippen LogP contribution in [-0.2, 0) is 0 Å². The van der Waals surface area contributed by atoms with Crippen molar-refractivity contribution in [2.45, 2.75) is 37.1 Å². The van der Waals surface area contributed by atoms with Crippen LogP contribution in [0.25, 0.3) is 0 Å². The lowest BCUT2D eigenvalue weighted by Gasteiger charge is -2.26. The molecule has 0 bridgehead atoms. The molecule has 17 heavy (non-hydrogen) atoms. The van der Waals surface area contributed by atoms with Crippen molar-refractivity contribution in [2.75, 3.05) is 24.3 Å². The summed E-state index contributed by atoms with van der Waals surface area (Å²) in [6, 6.07) is 2.41. The SMILES string of the molecule is CN(C)c1nccc(NC2CCC(Cl)CC2)n1. The highest BCUT2D eigenvalue weighted by molar-refractivity contribution is 6.20. The van der Waals surface area contributed by atoms with Gasteiger partial charge in [0.2, 0.25) is 5.95 Å². The summed E-state index contributed by atoms with van der Waals surface area (Å²) in [5, 5.41) is 3.82. The van der Waals surface area contributed by atoms with E-state index in [1.165, 1.54) is 0 Å². The fourth-order valence-corrected chi connectivity index (χ4v) is 2.30. The Labute approximate surface area is 107 Å². The molecule has 2 rings (SSSR count). The molecule has 0 amide bonds. The minimum absolute atomic E-state index is 0.357. The zero-order valence-electron chi connectivity index (χ0n) is 10.4. The van der Waals surface area contributed by atoms with Crippen LogP contribution in [0.15, 0.2) is 12.3 Å². The van der Waals surface area contributed by atoms with E-state index in [1.807, 2.05) is 25.1 Å². The summed E-state index contributed by atoms with van der Waals surface area (Å²) in [7, 11) is 3.88. The Kier molecular flexibility index (Phi) is 4.05. The van der Waals surface area contributed by atoms with E-state index in [-0.39, 0.29) is 0 Å². The van der Waals surface area contributed by atoms with Gasteiger partial charge in [0.15, 0.2) is 0 Å². The van der Waals surface area contributed by atoms with Crippen molar-refractivity contribution in [3.8, 4) is 0 Å². The smallest absolute Gasteiger partial charge is 0.226 e. The van der Waals surface area contributed by atoms with Gasteiger partial charge in [0, 0.05) is 31.7 Å². The molecule has 1 saturated carbocycles. The molecule has 5 heteroatoms. The molecule has 1 heterocycles. The monoisotopic (exact) mass is 254 g/mol. The highest BCUT2D eigenvalue weighted by Gasteiger charge is 2.19. The molecule has 1 N–H and O–H groups in total. The van der Waals surface area contributed by atoms with Crippen molar-refractivity contribution < 1.29 is 0 Å². The molecule has 1 aromatic heterocycles. The highest BCUT2D eigenvalue weighted by atomic mass is 35.5. The molecule has 94 valence electrons. The fourth-order valence-electron chi connectivity index (χ4n) is 2.05. The Bertz CT molecular complexity index is 361. The zero-order valence-corrected chi connectivity index (χ0v) is 11.1. The average molecular weight is 255 g/mol. The topological polar surface area (TPSA) is 41.1 Å². The number of halogens is 1. The number of nitrogens with zero attached hydrogens (tertiary/aromatic N) is 3. The number of rotatable bonds is 3. The van der Waals surface area contributed by atoms with Crippen LogP contribution >= 0.6 is 11.6 Å². The number of nitrogens with one attached hydrogen (secondary N) is 1. The van der Waals surface area contributed by atoms with Crippen molar-refractivity contribution in [3.05, 3.63) is 12.3 Å². The summed E-state index contributed by atoms with van der Waals surface area (Å²) in [6.45, 7) is 0. The summed E-state index contributed by atoms with van der Waals surface area (Å²) >= 11 is 6.09. The van der Waals surface area contributed by atoms with Crippen LogP contribution in [0.2, 0.25) is 0 Å². The van der Waals surface area contributed by atoms with Crippen molar-refractivity contribution >= 4 is 23.4 Å². The van der Waals surface area contributed by atoms with Gasteiger partial charge in [-0.15, -0.1) is 11.6 Å². The lowest BCUT2D eigenvalue weighted by molar-refractivity contribution is 0.467. The fraction of sp³-hybridized carbons (Fsp3) is 0.667. The third-order valence-corrected chi connectivity index (χ3v) is 3.49. The Morgan fingerprint density at radius 3 is 2.65 bits per heavy atom. The van der Waals surface area contributed by atoms with E-state index in [1.54, 1.807) is 6.20 Å². The van der Waals surface area contributed by atoms with E-state index >= 15 is 0 Å². The van der Waals surface area contributed by atoms with Crippen LogP contribution in [0.3, 0.4) is 0 Å². The zero-order chi connectivity index (χ0) is 12.3. The molecule has 0 unspecified atom stereocenters. The number of alkyl halides is 1. The molecule has 0 saturated heterocycles. The number of anilines is 2. The molecule has 1 aliphatic rings. The standard InChI is InChI=1S/C12H19ClN4/c1-17(2)12-14-8-7-11(16-12)15-10-5-3-9(13)4-6-10/h7-10H,3-6H2,1-2H3,(H,14,15,16). The van der Waals surface area contributed by atoms with Gasteiger partial charge in [0.1, 0.15) is 5.82 Å². The number of aromatic nitrogens is 2. The minimum atomic E-state index is 0.357. The Morgan fingerprint density at radius 1 is 1.29 bits per heavy atom. The van der Waals surface area contributed by atoms with Crippen LogP contribution in [0, 0.1) is 0 Å². The predicted molar refractivity (Wildman–Crippen MR) is 71.9 cm³/mol. The van der Waals surface area contributed by atoms with Crippen LogP contribution in [0.4, 0.5) is 11.8 Å². The van der Waals surface area contributed by atoms with Crippen LogP contribution in [0.5, 0.6) is 0 Å². The van der Waals surface area contributed by atoms with Gasteiger partial charge in [-0.1, -0.05) is 0 Å². The third-order valence-electron chi connectivity index (χ3n) is 3.05. The second-order valence-electron chi connectivity index (χ2n) is 4.73. The maximum atomic E-state index is 6.09. The van der Waals surface area contributed by atoms with Crippen molar-refractivity contribution in [1.82, 2.24) is 9.97 Å². The van der Waals surface area contributed by atoms with E-state index in [2.05, 4.69) is 15.3 Å². The summed E-state index contributed by atoms with van der Waals surface area (Å²) in [5.74, 6) is 1.64. The van der Waals surface area contributed by atoms with E-state index in [0.717, 1.165) is 37.4 Å². The molecule has 0 aliphatic heterocycles. The minimum Gasteiger partial charge on any atom is -0.367 e. The summed E-state index contributed by atoms with van der Waals surface area (Å²) in [6.07, 6.45) is 6.21. The summed E-state index contributed by atoms with van der Waals surface area (Å²) < 4.78 is 0. The Hall–Kier alpha value is -1.03. The van der Waals surface area contributed by atoms with Gasteiger partial charge in [0.25, 0.3) is 0 Å². The molecular formula is C12H19ClN4. The molecule has 0 radical (unpaired) electrons. The lowest BCUT2D eigenvalue weighted by Crippen LogP contribution is -2.27. The third kappa shape index (κ3) is 3.46. The Morgan fingerprint density at radius 2 is 2.00 bits per heavy atom. The molecule has 0 aromatic carbocycles. The van der Waals surface area contributed by atoms with E-state index < -0.39 is 0 Å². The van der Waals surface area contributed by atoms with Crippen molar-refractivity contribution in [3.63, 3.8) is 0 Å². The first kappa shape index (κ1) is 12.4. The first-order valence-electron chi connectivity index (χ1n) is 6.06. The molecule has 1 aliphatic carbocycles. The van der Waals surface area contributed by atoms with Gasteiger partial charge in [-0.25, -0.2) is 4.98 Å². The van der Waals surface area contributed by atoms with Crippen LogP contribution in [-0.4, -0.2) is 35.5 Å². The molecule has 1 aromatic rings. The molecular weight excluding hydrogens is 236 g/mol. The second kappa shape index (κ2) is 5.54. The normalized spacial score (nSPS) is 24.4. The van der Waals surface area contributed by atoms with E-state index in [4.69, 9.17) is 11.6 Å². The van der Waals surface area contributed by atoms with Gasteiger partial charge in [0.05, 0.1) is 0 Å². The molecule has 4 nitrogen and oxygen atoms in total. The van der Waals surface area contributed by atoms with Crippen LogP contribution in [0.1, 0.15) is 25.7 Å². The number of hydrogen-bond donors (Lipinski definition) is 1. The van der Waals surface area contributed by atoms with Gasteiger partial charge in [-0.3, -0.25) is 0 Å². The van der Waals surface area contributed by atoms with E-state index in [0.29, 0.717) is 11.4 Å². The average Bonchev–Trinajstić information content (AvgIpc) is 2.32. The van der Waals surface area contributed by atoms with Gasteiger partial charge in [-0.05, 0) is 31.7 Å². The van der Waals surface area contributed by atoms with Crippen molar-refractivity contribution in [2.24, 2.45) is 0 Å². The lowest BCUT2D eigenvalue weighted by atomic mass is 9.95. The Balaban J connectivity index is 1.96. The largest absolute Gasteiger partial charge is 0.367 e. The van der Waals surface area contributed by atoms with Crippen LogP contribution < -0.4 is 10.2 Å². The molecule has 1 fully saturated rings. The van der Waals surface area contributed by atoms with E-state index in [9.17, 15) is 0 Å². The predicted octanol–water partition coefficient (Wildman–Crippen LogP) is 2.50. The van der Waals surface area contributed by atoms with Gasteiger partial charge in [-0.2, -0.15) is 4.98 Å². The van der Waals surface area contributed by atoms with Gasteiger partial charge < -0.3 is 10.2 Å². The maximum Gasteiger partial charge on any atom is 0.226 e. The maximum absolute atomic E-state index is 6.09. The quantitative estimate of drug-likeness (QED) is 0.842. The molecule has 0 spiro atoms. The molecule has 0 atom stereocenters. The van der Waals surface area contributed by atoms with Crippen molar-refractivity contribution in [1.29, 1.82) is 0 Å². The first-order chi connectivity index (χ1) is 8.15. The summed E-state index contributed by atoms with van der Waals surface area (Å²) in [4.78, 5) is 10.6. The first-order valence-corrected chi connectivity index (χ1v) is 6.50. The van der Waals surface area contributed by atoms with Gasteiger partial charge >= 0.3 is 0 Å². The second-order valence-corrected chi connectivity index (χ2v) is 5.35.